The summed E-state index contributed by atoms with van der Waals surface area (Å²) in [6.07, 6.45) is -1.38. The second-order valence-corrected chi connectivity index (χ2v) is 6.43. The summed E-state index contributed by atoms with van der Waals surface area (Å²) in [6, 6.07) is 5.57. The molecule has 1 aromatic carbocycles. The Bertz CT molecular complexity index is 1030. The number of aromatic nitrogens is 4. The number of nitrogens with zero attached hydrogens (tertiary/aromatic N) is 4. The first-order valence-corrected chi connectivity index (χ1v) is 9.03. The Kier molecular flexibility index (Phi) is 6.19. The smallest absolute Gasteiger partial charge is 0.368 e. The average Bonchev–Trinajstić information content (AvgIpc) is 3.04. The number of rotatable bonds is 6. The van der Waals surface area contributed by atoms with E-state index in [-0.39, 0.29) is 12.2 Å². The number of carbonyl (C=O) groups excluding carboxylic acids is 1. The van der Waals surface area contributed by atoms with Gasteiger partial charge in [0.25, 0.3) is 0 Å². The van der Waals surface area contributed by atoms with Gasteiger partial charge in [0.2, 0.25) is 0 Å². The van der Waals surface area contributed by atoms with E-state index in [1.807, 2.05) is 18.4 Å². The van der Waals surface area contributed by atoms with Crippen LogP contribution in [-0.4, -0.2) is 38.6 Å². The van der Waals surface area contributed by atoms with E-state index in [0.717, 1.165) is 23.5 Å². The first-order valence-electron chi connectivity index (χ1n) is 9.03. The monoisotopic (exact) mass is 419 g/mol. The van der Waals surface area contributed by atoms with Crippen molar-refractivity contribution in [3.05, 3.63) is 59.9 Å². The van der Waals surface area contributed by atoms with E-state index >= 15 is 0 Å². The van der Waals surface area contributed by atoms with Crippen LogP contribution in [-0.2, 0) is 6.18 Å². The summed E-state index contributed by atoms with van der Waals surface area (Å²) >= 11 is 0. The molecule has 0 spiro atoms. The van der Waals surface area contributed by atoms with Crippen molar-refractivity contribution in [1.82, 2.24) is 24.8 Å². The second kappa shape index (κ2) is 8.80. The predicted molar refractivity (Wildman–Crippen MR) is 106 cm³/mol. The summed E-state index contributed by atoms with van der Waals surface area (Å²) in [5.74, 6) is 1.21. The molecule has 2 amide bonds. The van der Waals surface area contributed by atoms with Gasteiger partial charge in [0.15, 0.2) is 0 Å². The molecule has 0 aliphatic heterocycles. The Hall–Kier alpha value is -3.63. The van der Waals surface area contributed by atoms with Gasteiger partial charge in [-0.05, 0) is 32.0 Å². The van der Waals surface area contributed by atoms with E-state index in [2.05, 4.69) is 30.9 Å². The average molecular weight is 419 g/mol. The Morgan fingerprint density at radius 2 is 1.90 bits per heavy atom. The molecule has 0 aliphatic rings. The minimum absolute atomic E-state index is 0.0571. The standard InChI is InChI=1S/C19H20F3N7O/c1-12-13(2)29(11-27-12)17-9-16(25-10-26-17)23-6-7-24-18(30)28-15-5-3-4-14(8-15)19(20,21)22/h3-5,8-11H,6-7H2,1-2H3,(H,23,25,26)(H2,24,28,30). The van der Waals surface area contributed by atoms with Crippen LogP contribution in [0.2, 0.25) is 0 Å². The number of halogens is 3. The molecule has 0 unspecified atom stereocenters. The van der Waals surface area contributed by atoms with Crippen molar-refractivity contribution in [2.24, 2.45) is 0 Å². The number of anilines is 2. The zero-order chi connectivity index (χ0) is 21.7. The zero-order valence-electron chi connectivity index (χ0n) is 16.3. The Morgan fingerprint density at radius 3 is 2.60 bits per heavy atom. The lowest BCUT2D eigenvalue weighted by molar-refractivity contribution is -0.137. The van der Waals surface area contributed by atoms with Gasteiger partial charge >= 0.3 is 12.2 Å². The molecule has 11 heteroatoms. The van der Waals surface area contributed by atoms with Crippen LogP contribution in [0.15, 0.2) is 43.0 Å². The molecule has 30 heavy (non-hydrogen) atoms. The van der Waals surface area contributed by atoms with Crippen LogP contribution in [0.25, 0.3) is 5.82 Å². The summed E-state index contributed by atoms with van der Waals surface area (Å²) in [5.41, 5.74) is 1.10. The van der Waals surface area contributed by atoms with Gasteiger partial charge in [0.1, 0.15) is 24.3 Å². The van der Waals surface area contributed by atoms with Gasteiger partial charge in [-0.25, -0.2) is 19.7 Å². The van der Waals surface area contributed by atoms with E-state index in [0.29, 0.717) is 18.2 Å². The molecule has 2 aromatic heterocycles. The molecule has 0 saturated heterocycles. The summed E-state index contributed by atoms with van der Waals surface area (Å²) < 4.78 is 40.0. The molecule has 0 bridgehead atoms. The van der Waals surface area contributed by atoms with E-state index < -0.39 is 17.8 Å². The van der Waals surface area contributed by atoms with Gasteiger partial charge in [-0.15, -0.1) is 0 Å². The Labute approximate surface area is 170 Å². The molecule has 3 N–H and O–H groups in total. The van der Waals surface area contributed by atoms with Gasteiger partial charge in [0.05, 0.1) is 11.3 Å². The fraction of sp³-hybridized carbons (Fsp3) is 0.263. The highest BCUT2D eigenvalue weighted by Crippen LogP contribution is 2.30. The van der Waals surface area contributed by atoms with Crippen LogP contribution in [0.4, 0.5) is 29.5 Å². The van der Waals surface area contributed by atoms with Crippen molar-refractivity contribution in [3.8, 4) is 5.82 Å². The number of benzene rings is 1. The van der Waals surface area contributed by atoms with Crippen LogP contribution in [0, 0.1) is 13.8 Å². The predicted octanol–water partition coefficient (Wildman–Crippen LogP) is 3.53. The minimum atomic E-state index is -4.47. The number of imidazole rings is 1. The molecule has 0 saturated carbocycles. The topological polar surface area (TPSA) is 96.8 Å². The third kappa shape index (κ3) is 5.25. The quantitative estimate of drug-likeness (QED) is 0.531. The van der Waals surface area contributed by atoms with Crippen LogP contribution < -0.4 is 16.0 Å². The lowest BCUT2D eigenvalue weighted by atomic mass is 10.2. The molecular weight excluding hydrogens is 399 g/mol. The number of hydrogen-bond acceptors (Lipinski definition) is 5. The van der Waals surface area contributed by atoms with Crippen molar-refractivity contribution in [2.45, 2.75) is 20.0 Å². The van der Waals surface area contributed by atoms with Crippen molar-refractivity contribution in [3.63, 3.8) is 0 Å². The molecule has 3 rings (SSSR count). The fourth-order valence-electron chi connectivity index (χ4n) is 2.62. The van der Waals surface area contributed by atoms with Crippen molar-refractivity contribution < 1.29 is 18.0 Å². The van der Waals surface area contributed by atoms with Crippen LogP contribution in [0.3, 0.4) is 0 Å². The SMILES string of the molecule is Cc1ncn(-c2cc(NCCNC(=O)Nc3cccc(C(F)(F)F)c3)ncn2)c1C. The summed E-state index contributed by atoms with van der Waals surface area (Å²) in [5, 5.41) is 8.00. The second-order valence-electron chi connectivity index (χ2n) is 6.43. The number of amides is 2. The van der Waals surface area contributed by atoms with E-state index in [4.69, 9.17) is 0 Å². The van der Waals surface area contributed by atoms with Gasteiger partial charge in [-0.2, -0.15) is 13.2 Å². The number of hydrogen-bond donors (Lipinski definition) is 3. The summed E-state index contributed by atoms with van der Waals surface area (Å²) in [6.45, 7) is 4.43. The Balaban J connectivity index is 1.49. The minimum Gasteiger partial charge on any atom is -0.368 e. The van der Waals surface area contributed by atoms with Crippen molar-refractivity contribution in [1.29, 1.82) is 0 Å². The maximum atomic E-state index is 12.7. The molecule has 3 aromatic rings. The van der Waals surface area contributed by atoms with Crippen LogP contribution in [0.1, 0.15) is 17.0 Å². The third-order valence-electron chi connectivity index (χ3n) is 4.32. The lowest BCUT2D eigenvalue weighted by Gasteiger charge is -2.11. The van der Waals surface area contributed by atoms with E-state index in [1.165, 1.54) is 18.5 Å². The number of aryl methyl sites for hydroxylation is 1. The molecule has 0 aliphatic carbocycles. The fourth-order valence-corrected chi connectivity index (χ4v) is 2.62. The van der Waals surface area contributed by atoms with Crippen molar-refractivity contribution >= 4 is 17.5 Å². The maximum Gasteiger partial charge on any atom is 0.416 e. The van der Waals surface area contributed by atoms with E-state index in [1.54, 1.807) is 12.4 Å². The first-order chi connectivity index (χ1) is 14.2. The number of nitrogens with one attached hydrogen (secondary N) is 3. The first kappa shape index (κ1) is 21.1. The lowest BCUT2D eigenvalue weighted by Crippen LogP contribution is -2.32. The maximum absolute atomic E-state index is 12.7. The van der Waals surface area contributed by atoms with Crippen molar-refractivity contribution in [2.75, 3.05) is 23.7 Å². The molecular formula is C19H20F3N7O. The normalized spacial score (nSPS) is 11.2. The number of urea groups is 1. The molecule has 0 radical (unpaired) electrons. The van der Waals surface area contributed by atoms with Gasteiger partial charge < -0.3 is 16.0 Å². The number of alkyl halides is 3. The largest absolute Gasteiger partial charge is 0.416 e. The summed E-state index contributed by atoms with van der Waals surface area (Å²) in [4.78, 5) is 24.5. The number of carbonyl (C=O) groups is 1. The van der Waals surface area contributed by atoms with Gasteiger partial charge in [-0.1, -0.05) is 6.07 Å². The van der Waals surface area contributed by atoms with Crippen LogP contribution in [0.5, 0.6) is 0 Å². The highest BCUT2D eigenvalue weighted by molar-refractivity contribution is 5.89. The Morgan fingerprint density at radius 1 is 1.10 bits per heavy atom. The summed E-state index contributed by atoms with van der Waals surface area (Å²) in [7, 11) is 0. The molecule has 2 heterocycles. The molecule has 0 atom stereocenters. The highest BCUT2D eigenvalue weighted by atomic mass is 19.4. The third-order valence-corrected chi connectivity index (χ3v) is 4.32. The zero-order valence-corrected chi connectivity index (χ0v) is 16.3. The van der Waals surface area contributed by atoms with E-state index in [9.17, 15) is 18.0 Å². The van der Waals surface area contributed by atoms with Gasteiger partial charge in [-0.3, -0.25) is 4.57 Å². The van der Waals surface area contributed by atoms with Crippen LogP contribution >= 0.6 is 0 Å². The highest BCUT2D eigenvalue weighted by Gasteiger charge is 2.30. The molecule has 8 nitrogen and oxygen atoms in total. The molecule has 0 fully saturated rings. The van der Waals surface area contributed by atoms with Gasteiger partial charge in [0, 0.05) is 30.5 Å². The molecule has 158 valence electrons.